The predicted octanol–water partition coefficient (Wildman–Crippen LogP) is 3.71. The number of aliphatic hydroxyl groups excluding tert-OH is 1. The zero-order valence-electron chi connectivity index (χ0n) is 11.8. The SMILES string of the molecule is Cc1nc(COc2ccc3c(c2)C(O)CCC3)sc1C. The quantitative estimate of drug-likeness (QED) is 0.936. The molecule has 1 N–H and O–H groups in total. The van der Waals surface area contributed by atoms with E-state index >= 15 is 0 Å². The van der Waals surface area contributed by atoms with Crippen molar-refractivity contribution >= 4 is 11.3 Å². The Morgan fingerprint density at radius 2 is 2.25 bits per heavy atom. The molecule has 1 aliphatic carbocycles. The number of fused-ring (bicyclic) bond motifs is 1. The molecule has 0 fully saturated rings. The summed E-state index contributed by atoms with van der Waals surface area (Å²) in [6.07, 6.45) is 2.62. The van der Waals surface area contributed by atoms with Gasteiger partial charge in [-0.2, -0.15) is 0 Å². The Morgan fingerprint density at radius 1 is 1.40 bits per heavy atom. The number of rotatable bonds is 3. The molecule has 0 amide bonds. The molecule has 1 atom stereocenters. The summed E-state index contributed by atoms with van der Waals surface area (Å²) in [7, 11) is 0. The van der Waals surface area contributed by atoms with E-state index in [4.69, 9.17) is 4.74 Å². The minimum Gasteiger partial charge on any atom is -0.486 e. The van der Waals surface area contributed by atoms with Crippen LogP contribution in [0.25, 0.3) is 0 Å². The summed E-state index contributed by atoms with van der Waals surface area (Å²) in [5.74, 6) is 0.815. The van der Waals surface area contributed by atoms with Crippen molar-refractivity contribution in [3.05, 3.63) is 44.9 Å². The Kier molecular flexibility index (Phi) is 3.76. The van der Waals surface area contributed by atoms with Crippen LogP contribution in [0.2, 0.25) is 0 Å². The molecule has 0 saturated heterocycles. The van der Waals surface area contributed by atoms with E-state index in [1.165, 1.54) is 10.4 Å². The zero-order valence-corrected chi connectivity index (χ0v) is 12.7. The largest absolute Gasteiger partial charge is 0.486 e. The van der Waals surface area contributed by atoms with Crippen molar-refractivity contribution in [1.82, 2.24) is 4.98 Å². The normalized spacial score (nSPS) is 17.9. The first-order chi connectivity index (χ1) is 9.63. The highest BCUT2D eigenvalue weighted by Crippen LogP contribution is 2.32. The monoisotopic (exact) mass is 289 g/mol. The molecule has 20 heavy (non-hydrogen) atoms. The van der Waals surface area contributed by atoms with E-state index in [9.17, 15) is 5.11 Å². The minimum absolute atomic E-state index is 0.341. The molecule has 2 aromatic rings. The third-order valence-corrected chi connectivity index (χ3v) is 4.88. The van der Waals surface area contributed by atoms with Gasteiger partial charge in [0.1, 0.15) is 17.4 Å². The first kappa shape index (κ1) is 13.6. The Labute approximate surface area is 123 Å². The van der Waals surface area contributed by atoms with E-state index in [1.54, 1.807) is 11.3 Å². The standard InChI is InChI=1S/C16H19NO2S/c1-10-11(2)20-16(17-10)9-19-13-7-6-12-4-3-5-15(18)14(12)8-13/h6-8,15,18H,3-5,9H2,1-2H3. The molecule has 3 nitrogen and oxygen atoms in total. The van der Waals surface area contributed by atoms with Gasteiger partial charge in [0.25, 0.3) is 0 Å². The van der Waals surface area contributed by atoms with Crippen LogP contribution in [-0.2, 0) is 13.0 Å². The van der Waals surface area contributed by atoms with Gasteiger partial charge in [-0.3, -0.25) is 0 Å². The second-order valence-corrected chi connectivity index (χ2v) is 6.59. The average molecular weight is 289 g/mol. The summed E-state index contributed by atoms with van der Waals surface area (Å²) < 4.78 is 5.81. The van der Waals surface area contributed by atoms with Crippen molar-refractivity contribution in [1.29, 1.82) is 0 Å². The second-order valence-electron chi connectivity index (χ2n) is 5.31. The first-order valence-electron chi connectivity index (χ1n) is 7.00. The zero-order chi connectivity index (χ0) is 14.1. The Morgan fingerprint density at radius 3 is 3.00 bits per heavy atom. The highest BCUT2D eigenvalue weighted by atomic mass is 32.1. The number of aliphatic hydroxyl groups is 1. The van der Waals surface area contributed by atoms with Crippen LogP contribution >= 0.6 is 11.3 Å². The van der Waals surface area contributed by atoms with Crippen LogP contribution in [0.5, 0.6) is 5.75 Å². The van der Waals surface area contributed by atoms with E-state index in [2.05, 4.69) is 18.0 Å². The van der Waals surface area contributed by atoms with Gasteiger partial charge < -0.3 is 9.84 Å². The molecule has 0 radical (unpaired) electrons. The maximum absolute atomic E-state index is 10.0. The number of aryl methyl sites for hydroxylation is 3. The number of hydrogen-bond donors (Lipinski definition) is 1. The van der Waals surface area contributed by atoms with Crippen molar-refractivity contribution in [2.24, 2.45) is 0 Å². The van der Waals surface area contributed by atoms with E-state index in [0.717, 1.165) is 41.3 Å². The molecule has 0 saturated carbocycles. The van der Waals surface area contributed by atoms with Crippen molar-refractivity contribution in [3.63, 3.8) is 0 Å². The van der Waals surface area contributed by atoms with Crippen LogP contribution in [0.15, 0.2) is 18.2 Å². The molecule has 0 spiro atoms. The van der Waals surface area contributed by atoms with E-state index in [-0.39, 0.29) is 6.10 Å². The van der Waals surface area contributed by atoms with Crippen LogP contribution in [-0.4, -0.2) is 10.1 Å². The third kappa shape index (κ3) is 2.72. The maximum atomic E-state index is 10.0. The minimum atomic E-state index is -0.341. The number of ether oxygens (including phenoxy) is 1. The van der Waals surface area contributed by atoms with Gasteiger partial charge in [-0.05, 0) is 56.4 Å². The van der Waals surface area contributed by atoms with Crippen molar-refractivity contribution < 1.29 is 9.84 Å². The number of benzene rings is 1. The fraction of sp³-hybridized carbons (Fsp3) is 0.438. The number of nitrogens with zero attached hydrogens (tertiary/aromatic N) is 1. The molecule has 106 valence electrons. The first-order valence-corrected chi connectivity index (χ1v) is 7.82. The lowest BCUT2D eigenvalue weighted by atomic mass is 9.89. The fourth-order valence-electron chi connectivity index (χ4n) is 2.59. The molecular formula is C16H19NO2S. The molecule has 1 heterocycles. The molecule has 1 aromatic carbocycles. The van der Waals surface area contributed by atoms with E-state index < -0.39 is 0 Å². The molecule has 3 rings (SSSR count). The molecular weight excluding hydrogens is 270 g/mol. The summed E-state index contributed by atoms with van der Waals surface area (Å²) in [4.78, 5) is 5.71. The van der Waals surface area contributed by atoms with Gasteiger partial charge in [-0.25, -0.2) is 4.98 Å². The Hall–Kier alpha value is -1.39. The lowest BCUT2D eigenvalue weighted by molar-refractivity contribution is 0.156. The Bertz CT molecular complexity index is 601. The molecule has 4 heteroatoms. The van der Waals surface area contributed by atoms with Gasteiger partial charge in [0.2, 0.25) is 0 Å². The van der Waals surface area contributed by atoms with Crippen molar-refractivity contribution in [2.45, 2.75) is 45.8 Å². The molecule has 1 aromatic heterocycles. The van der Waals surface area contributed by atoms with Gasteiger partial charge in [-0.15, -0.1) is 11.3 Å². The summed E-state index contributed by atoms with van der Waals surface area (Å²) in [5.41, 5.74) is 3.35. The van der Waals surface area contributed by atoms with Crippen LogP contribution in [0.3, 0.4) is 0 Å². The van der Waals surface area contributed by atoms with E-state index in [1.807, 2.05) is 19.1 Å². The Balaban J connectivity index is 1.73. The highest BCUT2D eigenvalue weighted by Gasteiger charge is 2.18. The smallest absolute Gasteiger partial charge is 0.140 e. The highest BCUT2D eigenvalue weighted by molar-refractivity contribution is 7.11. The fourth-order valence-corrected chi connectivity index (χ4v) is 3.44. The summed E-state index contributed by atoms with van der Waals surface area (Å²) in [6.45, 7) is 4.59. The van der Waals surface area contributed by atoms with Gasteiger partial charge >= 0.3 is 0 Å². The van der Waals surface area contributed by atoms with Gasteiger partial charge in [0, 0.05) is 4.88 Å². The number of hydrogen-bond acceptors (Lipinski definition) is 4. The number of thiazole rings is 1. The molecule has 1 unspecified atom stereocenters. The topological polar surface area (TPSA) is 42.4 Å². The summed E-state index contributed by atoms with van der Waals surface area (Å²) >= 11 is 1.68. The van der Waals surface area contributed by atoms with Crippen LogP contribution in [0.4, 0.5) is 0 Å². The van der Waals surface area contributed by atoms with Crippen LogP contribution < -0.4 is 4.74 Å². The van der Waals surface area contributed by atoms with Crippen molar-refractivity contribution in [3.8, 4) is 5.75 Å². The predicted molar refractivity (Wildman–Crippen MR) is 80.3 cm³/mol. The molecule has 0 aliphatic heterocycles. The van der Waals surface area contributed by atoms with Gasteiger partial charge in [-0.1, -0.05) is 6.07 Å². The lowest BCUT2D eigenvalue weighted by Gasteiger charge is -2.21. The molecule has 0 bridgehead atoms. The van der Waals surface area contributed by atoms with Crippen molar-refractivity contribution in [2.75, 3.05) is 0 Å². The third-order valence-electron chi connectivity index (χ3n) is 3.84. The van der Waals surface area contributed by atoms with Gasteiger partial charge in [0.05, 0.1) is 11.8 Å². The van der Waals surface area contributed by atoms with E-state index in [0.29, 0.717) is 6.61 Å². The molecule has 1 aliphatic rings. The second kappa shape index (κ2) is 5.54. The van der Waals surface area contributed by atoms with Gasteiger partial charge in [0.15, 0.2) is 0 Å². The summed E-state index contributed by atoms with van der Waals surface area (Å²) in [5, 5.41) is 11.0. The van der Waals surface area contributed by atoms with Crippen LogP contribution in [0, 0.1) is 13.8 Å². The maximum Gasteiger partial charge on any atom is 0.140 e. The lowest BCUT2D eigenvalue weighted by Crippen LogP contribution is -2.09. The average Bonchev–Trinajstić information content (AvgIpc) is 2.76. The summed E-state index contributed by atoms with van der Waals surface area (Å²) in [6, 6.07) is 6.04. The van der Waals surface area contributed by atoms with Crippen LogP contribution in [0.1, 0.15) is 45.7 Å². The number of aromatic nitrogens is 1.